The van der Waals surface area contributed by atoms with Gasteiger partial charge >= 0.3 is 5.97 Å². The number of aromatic carboxylic acids is 1. The second-order valence-electron chi connectivity index (χ2n) is 6.36. The van der Waals surface area contributed by atoms with Crippen LogP contribution in [0.4, 0.5) is 5.69 Å². The molecule has 0 saturated carbocycles. The topological polar surface area (TPSA) is 115 Å². The maximum atomic E-state index is 12.2. The first kappa shape index (κ1) is 16.3. The molecule has 3 aromatic rings. The number of aromatic nitrogens is 2. The molecule has 0 spiro atoms. The van der Waals surface area contributed by atoms with Gasteiger partial charge in [0.05, 0.1) is 22.5 Å². The van der Waals surface area contributed by atoms with Crippen molar-refractivity contribution < 1.29 is 15.0 Å². The molecule has 1 aliphatic carbocycles. The number of aryl methyl sites for hydroxylation is 1. The lowest BCUT2D eigenvalue weighted by atomic mass is 10.0. The van der Waals surface area contributed by atoms with E-state index >= 15 is 0 Å². The Morgan fingerprint density at radius 1 is 1.27 bits per heavy atom. The lowest BCUT2D eigenvalue weighted by Crippen LogP contribution is -2.13. The number of rotatable bonds is 4. The van der Waals surface area contributed by atoms with E-state index in [0.29, 0.717) is 10.9 Å². The van der Waals surface area contributed by atoms with Crippen molar-refractivity contribution in [3.05, 3.63) is 69.3 Å². The lowest BCUT2D eigenvalue weighted by Gasteiger charge is -2.16. The van der Waals surface area contributed by atoms with Gasteiger partial charge in [-0.2, -0.15) is 0 Å². The average molecular weight is 351 g/mol. The van der Waals surface area contributed by atoms with Crippen LogP contribution in [0.3, 0.4) is 0 Å². The predicted molar refractivity (Wildman–Crippen MR) is 96.4 cm³/mol. The maximum absolute atomic E-state index is 12.2. The van der Waals surface area contributed by atoms with Crippen LogP contribution in [0, 0.1) is 0 Å². The quantitative estimate of drug-likeness (QED) is 0.573. The number of carboxylic acids is 1. The molecule has 0 radical (unpaired) electrons. The Labute approximate surface area is 148 Å². The van der Waals surface area contributed by atoms with E-state index in [-0.39, 0.29) is 29.6 Å². The Morgan fingerprint density at radius 3 is 2.73 bits per heavy atom. The van der Waals surface area contributed by atoms with Crippen LogP contribution in [0.5, 0.6) is 0 Å². The van der Waals surface area contributed by atoms with Crippen molar-refractivity contribution in [1.82, 2.24) is 9.97 Å². The molecule has 1 heterocycles. The van der Waals surface area contributed by atoms with E-state index in [4.69, 9.17) is 5.11 Å². The molecular formula is C19H17N3O4. The fourth-order valence-electron chi connectivity index (χ4n) is 3.43. The smallest absolute Gasteiger partial charge is 0.335 e. The van der Waals surface area contributed by atoms with E-state index in [1.807, 2.05) is 12.1 Å². The van der Waals surface area contributed by atoms with Gasteiger partial charge in [-0.1, -0.05) is 0 Å². The molecule has 4 rings (SSSR count). The van der Waals surface area contributed by atoms with Crippen LogP contribution >= 0.6 is 0 Å². The second kappa shape index (κ2) is 6.27. The summed E-state index contributed by atoms with van der Waals surface area (Å²) in [7, 11) is 0. The molecule has 132 valence electrons. The molecular weight excluding hydrogens is 334 g/mol. The highest BCUT2D eigenvalue weighted by Crippen LogP contribution is 2.35. The standard InChI is InChI=1S/C19H17N3O4/c23-9-17-21-16-7-11-3-6-15(13(11)8-14(16)18(24)22-17)20-12-4-1-10(2-5-12)19(25)26/h1-2,4-5,7-8,15,20,23H,3,6,9H2,(H,25,26)(H,21,22,24)/t15-/m0/s1. The van der Waals surface area contributed by atoms with Gasteiger partial charge in [-0.3, -0.25) is 4.79 Å². The number of nitrogens with one attached hydrogen (secondary N) is 2. The van der Waals surface area contributed by atoms with Crippen LogP contribution in [0.2, 0.25) is 0 Å². The zero-order valence-electron chi connectivity index (χ0n) is 13.8. The fraction of sp³-hybridized carbons (Fsp3) is 0.211. The first-order valence-corrected chi connectivity index (χ1v) is 8.31. The van der Waals surface area contributed by atoms with E-state index in [0.717, 1.165) is 29.7 Å². The van der Waals surface area contributed by atoms with Crippen molar-refractivity contribution in [2.75, 3.05) is 5.32 Å². The number of anilines is 1. The number of aliphatic hydroxyl groups is 1. The number of H-pyrrole nitrogens is 1. The molecule has 1 aromatic heterocycles. The largest absolute Gasteiger partial charge is 0.478 e. The molecule has 1 atom stereocenters. The lowest BCUT2D eigenvalue weighted by molar-refractivity contribution is 0.0697. The first-order valence-electron chi connectivity index (χ1n) is 8.31. The average Bonchev–Trinajstić information content (AvgIpc) is 3.02. The molecule has 0 amide bonds. The van der Waals surface area contributed by atoms with E-state index in [1.165, 1.54) is 0 Å². The third kappa shape index (κ3) is 2.82. The normalized spacial score (nSPS) is 15.8. The maximum Gasteiger partial charge on any atom is 0.335 e. The van der Waals surface area contributed by atoms with Crippen molar-refractivity contribution in [2.24, 2.45) is 0 Å². The van der Waals surface area contributed by atoms with Gasteiger partial charge in [-0.15, -0.1) is 0 Å². The van der Waals surface area contributed by atoms with Gasteiger partial charge in [0.2, 0.25) is 0 Å². The third-order valence-electron chi connectivity index (χ3n) is 4.72. The molecule has 7 heteroatoms. The Kier molecular flexibility index (Phi) is 3.93. The van der Waals surface area contributed by atoms with Crippen molar-refractivity contribution in [2.45, 2.75) is 25.5 Å². The number of aromatic amines is 1. The van der Waals surface area contributed by atoms with Gasteiger partial charge in [-0.05, 0) is 60.4 Å². The minimum atomic E-state index is -0.955. The minimum absolute atomic E-state index is 0.0435. The number of nitrogens with zero attached hydrogens (tertiary/aromatic N) is 1. The van der Waals surface area contributed by atoms with Crippen molar-refractivity contribution in [3.8, 4) is 0 Å². The van der Waals surface area contributed by atoms with Crippen LogP contribution in [0.15, 0.2) is 41.2 Å². The SMILES string of the molecule is O=C(O)c1ccc(N[C@H]2CCc3cc4nc(CO)[nH]c(=O)c4cc32)cc1. The molecule has 0 saturated heterocycles. The summed E-state index contributed by atoms with van der Waals surface area (Å²) in [4.78, 5) is 30.1. The number of benzene rings is 2. The number of carboxylic acid groups (broad SMARTS) is 1. The highest BCUT2D eigenvalue weighted by atomic mass is 16.4. The van der Waals surface area contributed by atoms with Crippen LogP contribution in [0.1, 0.15) is 39.8 Å². The Bertz CT molecular complexity index is 1060. The highest BCUT2D eigenvalue weighted by molar-refractivity contribution is 5.88. The summed E-state index contributed by atoms with van der Waals surface area (Å²) >= 11 is 0. The number of hydrogen-bond donors (Lipinski definition) is 4. The molecule has 0 fully saturated rings. The summed E-state index contributed by atoms with van der Waals surface area (Å²) in [5.74, 6) is -0.697. The van der Waals surface area contributed by atoms with Gasteiger partial charge in [0.15, 0.2) is 0 Å². The van der Waals surface area contributed by atoms with Crippen molar-refractivity contribution >= 4 is 22.6 Å². The Hall–Kier alpha value is -3.19. The summed E-state index contributed by atoms with van der Waals surface area (Å²) in [5.41, 5.74) is 3.56. The van der Waals surface area contributed by atoms with Gasteiger partial charge in [0.1, 0.15) is 12.4 Å². The molecule has 0 aliphatic heterocycles. The van der Waals surface area contributed by atoms with Gasteiger partial charge in [0.25, 0.3) is 5.56 Å². The van der Waals surface area contributed by atoms with E-state index in [9.17, 15) is 14.7 Å². The summed E-state index contributed by atoms with van der Waals surface area (Å²) in [6.45, 7) is -0.307. The van der Waals surface area contributed by atoms with Crippen LogP contribution < -0.4 is 10.9 Å². The van der Waals surface area contributed by atoms with Crippen LogP contribution in [-0.4, -0.2) is 26.2 Å². The first-order chi connectivity index (χ1) is 12.5. The summed E-state index contributed by atoms with van der Waals surface area (Å²) in [6, 6.07) is 10.4. The molecule has 2 aromatic carbocycles. The molecule has 26 heavy (non-hydrogen) atoms. The molecule has 1 aliphatic rings. The summed E-state index contributed by atoms with van der Waals surface area (Å²) in [5, 5.41) is 22.1. The summed E-state index contributed by atoms with van der Waals surface area (Å²) < 4.78 is 0. The Morgan fingerprint density at radius 2 is 2.04 bits per heavy atom. The zero-order valence-corrected chi connectivity index (χ0v) is 13.8. The third-order valence-corrected chi connectivity index (χ3v) is 4.72. The Balaban J connectivity index is 1.67. The molecule has 0 bridgehead atoms. The molecule has 4 N–H and O–H groups in total. The predicted octanol–water partition coefficient (Wildman–Crippen LogP) is 2.21. The van der Waals surface area contributed by atoms with E-state index < -0.39 is 5.97 Å². The number of hydrogen-bond acceptors (Lipinski definition) is 5. The summed E-state index contributed by atoms with van der Waals surface area (Å²) in [6.07, 6.45) is 1.73. The number of aliphatic hydroxyl groups excluding tert-OH is 1. The van der Waals surface area contributed by atoms with Gasteiger partial charge < -0.3 is 20.5 Å². The van der Waals surface area contributed by atoms with Crippen molar-refractivity contribution in [3.63, 3.8) is 0 Å². The van der Waals surface area contributed by atoms with E-state index in [2.05, 4.69) is 15.3 Å². The fourth-order valence-corrected chi connectivity index (χ4v) is 3.43. The molecule has 0 unspecified atom stereocenters. The number of fused-ring (bicyclic) bond motifs is 2. The molecule has 7 nitrogen and oxygen atoms in total. The monoisotopic (exact) mass is 351 g/mol. The van der Waals surface area contributed by atoms with Gasteiger partial charge in [0, 0.05) is 5.69 Å². The minimum Gasteiger partial charge on any atom is -0.478 e. The zero-order chi connectivity index (χ0) is 18.3. The van der Waals surface area contributed by atoms with Crippen molar-refractivity contribution in [1.29, 1.82) is 0 Å². The highest BCUT2D eigenvalue weighted by Gasteiger charge is 2.24. The van der Waals surface area contributed by atoms with Crippen LogP contribution in [0.25, 0.3) is 10.9 Å². The number of carbonyl (C=O) groups is 1. The van der Waals surface area contributed by atoms with E-state index in [1.54, 1.807) is 24.3 Å². The van der Waals surface area contributed by atoms with Crippen LogP contribution in [-0.2, 0) is 13.0 Å². The van der Waals surface area contributed by atoms with Gasteiger partial charge in [-0.25, -0.2) is 9.78 Å². The second-order valence-corrected chi connectivity index (χ2v) is 6.36.